The van der Waals surface area contributed by atoms with E-state index >= 15 is 0 Å². The molecule has 80 valence electrons. The SMILES string of the molecule is CC(C)(C)c1nnc(Sc2nccs2)s1. The molecule has 0 N–H and O–H groups in total. The minimum Gasteiger partial charge on any atom is -0.238 e. The Hall–Kier alpha value is -0.460. The van der Waals surface area contributed by atoms with Crippen LogP contribution >= 0.6 is 34.4 Å². The molecule has 0 radical (unpaired) electrons. The topological polar surface area (TPSA) is 38.7 Å². The third-order valence-electron chi connectivity index (χ3n) is 1.63. The molecule has 0 aliphatic heterocycles. The Labute approximate surface area is 101 Å². The Morgan fingerprint density at radius 2 is 2.00 bits per heavy atom. The lowest BCUT2D eigenvalue weighted by atomic mass is 9.98. The predicted molar refractivity (Wildman–Crippen MR) is 64.8 cm³/mol. The van der Waals surface area contributed by atoms with Crippen molar-refractivity contribution in [1.82, 2.24) is 15.2 Å². The van der Waals surface area contributed by atoms with Gasteiger partial charge in [-0.05, 0) is 11.8 Å². The van der Waals surface area contributed by atoms with Gasteiger partial charge in [-0.25, -0.2) is 4.98 Å². The molecule has 15 heavy (non-hydrogen) atoms. The largest absolute Gasteiger partial charge is 0.238 e. The van der Waals surface area contributed by atoms with Crippen LogP contribution in [0.25, 0.3) is 0 Å². The Bertz CT molecular complexity index is 428. The van der Waals surface area contributed by atoms with Crippen LogP contribution in [0.3, 0.4) is 0 Å². The molecule has 2 aromatic rings. The molecule has 3 nitrogen and oxygen atoms in total. The zero-order valence-electron chi connectivity index (χ0n) is 8.72. The Balaban J connectivity index is 2.15. The van der Waals surface area contributed by atoms with Crippen molar-refractivity contribution >= 4 is 34.4 Å². The Morgan fingerprint density at radius 1 is 1.20 bits per heavy atom. The molecule has 6 heteroatoms. The van der Waals surface area contributed by atoms with E-state index in [4.69, 9.17) is 0 Å². The predicted octanol–water partition coefficient (Wildman–Crippen LogP) is 3.44. The molecule has 0 aliphatic rings. The van der Waals surface area contributed by atoms with Crippen molar-refractivity contribution in [2.45, 2.75) is 34.9 Å². The van der Waals surface area contributed by atoms with Crippen molar-refractivity contribution in [3.8, 4) is 0 Å². The summed E-state index contributed by atoms with van der Waals surface area (Å²) in [5.74, 6) is 0. The van der Waals surface area contributed by atoms with Crippen molar-refractivity contribution in [1.29, 1.82) is 0 Å². The van der Waals surface area contributed by atoms with Crippen LogP contribution in [0.5, 0.6) is 0 Å². The monoisotopic (exact) mass is 257 g/mol. The van der Waals surface area contributed by atoms with Gasteiger partial charge in [0.25, 0.3) is 0 Å². The second kappa shape index (κ2) is 4.19. The first-order chi connectivity index (χ1) is 7.05. The molecule has 0 aromatic carbocycles. The summed E-state index contributed by atoms with van der Waals surface area (Å²) in [6.07, 6.45) is 1.80. The first kappa shape index (κ1) is 11.0. The Kier molecular flexibility index (Phi) is 3.08. The summed E-state index contributed by atoms with van der Waals surface area (Å²) in [5, 5.41) is 11.4. The third-order valence-corrected chi connectivity index (χ3v) is 4.92. The standard InChI is InChI=1S/C9H11N3S3/c1-9(2,3)6-11-12-8(14-6)15-7-10-4-5-13-7/h4-5H,1-3H3. The molecule has 0 spiro atoms. The van der Waals surface area contributed by atoms with Crippen molar-refractivity contribution in [3.63, 3.8) is 0 Å². The number of hydrogen-bond donors (Lipinski definition) is 0. The maximum Gasteiger partial charge on any atom is 0.181 e. The minimum atomic E-state index is 0.0827. The number of thiazole rings is 1. The van der Waals surface area contributed by atoms with Crippen molar-refractivity contribution in [2.75, 3.05) is 0 Å². The van der Waals surface area contributed by atoms with E-state index in [1.165, 1.54) is 0 Å². The summed E-state index contributed by atoms with van der Waals surface area (Å²) in [6, 6.07) is 0. The summed E-state index contributed by atoms with van der Waals surface area (Å²) in [7, 11) is 0. The highest BCUT2D eigenvalue weighted by atomic mass is 32.2. The molecule has 0 saturated heterocycles. The number of hydrogen-bond acceptors (Lipinski definition) is 6. The van der Waals surface area contributed by atoms with E-state index < -0.39 is 0 Å². The van der Waals surface area contributed by atoms with Gasteiger partial charge < -0.3 is 0 Å². The highest BCUT2D eigenvalue weighted by Gasteiger charge is 2.19. The summed E-state index contributed by atoms with van der Waals surface area (Å²) >= 11 is 4.85. The Morgan fingerprint density at radius 3 is 2.53 bits per heavy atom. The smallest absolute Gasteiger partial charge is 0.181 e. The molecule has 0 bridgehead atoms. The quantitative estimate of drug-likeness (QED) is 0.826. The molecule has 0 atom stereocenters. The van der Waals surface area contributed by atoms with Gasteiger partial charge >= 0.3 is 0 Å². The summed E-state index contributed by atoms with van der Waals surface area (Å²) in [6.45, 7) is 6.43. The van der Waals surface area contributed by atoms with E-state index in [1.807, 2.05) is 5.38 Å². The van der Waals surface area contributed by atoms with Crippen LogP contribution in [0.4, 0.5) is 0 Å². The van der Waals surface area contributed by atoms with Gasteiger partial charge in [0.2, 0.25) is 0 Å². The van der Waals surface area contributed by atoms with Crippen molar-refractivity contribution in [2.24, 2.45) is 0 Å². The third kappa shape index (κ3) is 2.76. The molecule has 0 unspecified atom stereocenters. The van der Waals surface area contributed by atoms with E-state index in [0.29, 0.717) is 0 Å². The second-order valence-electron chi connectivity index (χ2n) is 4.02. The number of nitrogens with zero attached hydrogens (tertiary/aromatic N) is 3. The fourth-order valence-electron chi connectivity index (χ4n) is 0.890. The van der Waals surface area contributed by atoms with E-state index in [-0.39, 0.29) is 5.41 Å². The van der Waals surface area contributed by atoms with E-state index in [9.17, 15) is 0 Å². The van der Waals surface area contributed by atoms with Gasteiger partial charge in [-0.15, -0.1) is 21.5 Å². The summed E-state index contributed by atoms with van der Waals surface area (Å²) < 4.78 is 1.99. The van der Waals surface area contributed by atoms with Gasteiger partial charge in [-0.3, -0.25) is 0 Å². The maximum absolute atomic E-state index is 4.20. The lowest BCUT2D eigenvalue weighted by Gasteiger charge is -2.12. The highest BCUT2D eigenvalue weighted by molar-refractivity contribution is 8.02. The van der Waals surface area contributed by atoms with E-state index in [1.54, 1.807) is 40.6 Å². The minimum absolute atomic E-state index is 0.0827. The summed E-state index contributed by atoms with van der Waals surface area (Å²) in [5.41, 5.74) is 0.0827. The molecule has 0 saturated carbocycles. The lowest BCUT2D eigenvalue weighted by molar-refractivity contribution is 0.577. The van der Waals surface area contributed by atoms with E-state index in [2.05, 4.69) is 36.0 Å². The van der Waals surface area contributed by atoms with E-state index in [0.717, 1.165) is 13.7 Å². The molecule has 2 aromatic heterocycles. The second-order valence-corrected chi connectivity index (χ2v) is 7.39. The van der Waals surface area contributed by atoms with Gasteiger partial charge in [-0.1, -0.05) is 32.1 Å². The maximum atomic E-state index is 4.20. The lowest BCUT2D eigenvalue weighted by Crippen LogP contribution is -2.10. The van der Waals surface area contributed by atoms with Gasteiger partial charge in [0.1, 0.15) is 5.01 Å². The average molecular weight is 257 g/mol. The first-order valence-corrected chi connectivity index (χ1v) is 6.98. The van der Waals surface area contributed by atoms with Gasteiger partial charge in [0.15, 0.2) is 8.68 Å². The average Bonchev–Trinajstić information content (AvgIpc) is 2.73. The van der Waals surface area contributed by atoms with Crippen LogP contribution in [-0.4, -0.2) is 15.2 Å². The normalized spacial score (nSPS) is 11.9. The molecular formula is C9H11N3S3. The van der Waals surface area contributed by atoms with Gasteiger partial charge in [-0.2, -0.15) is 0 Å². The van der Waals surface area contributed by atoms with Gasteiger partial charge in [0.05, 0.1) is 0 Å². The molecular weight excluding hydrogens is 246 g/mol. The molecule has 0 fully saturated rings. The van der Waals surface area contributed by atoms with Crippen molar-refractivity contribution in [3.05, 3.63) is 16.6 Å². The van der Waals surface area contributed by atoms with Crippen LogP contribution in [0.2, 0.25) is 0 Å². The molecule has 0 amide bonds. The number of rotatable bonds is 2. The van der Waals surface area contributed by atoms with Crippen LogP contribution in [0.15, 0.2) is 20.3 Å². The van der Waals surface area contributed by atoms with Crippen LogP contribution in [0.1, 0.15) is 25.8 Å². The fraction of sp³-hybridized carbons (Fsp3) is 0.444. The zero-order chi connectivity index (χ0) is 10.9. The first-order valence-electron chi connectivity index (χ1n) is 4.47. The number of aromatic nitrogens is 3. The summed E-state index contributed by atoms with van der Waals surface area (Å²) in [4.78, 5) is 4.20. The fourth-order valence-corrected chi connectivity index (χ4v) is 3.62. The van der Waals surface area contributed by atoms with Gasteiger partial charge in [0, 0.05) is 17.0 Å². The highest BCUT2D eigenvalue weighted by Crippen LogP contribution is 2.34. The molecule has 0 aliphatic carbocycles. The molecule has 2 heterocycles. The van der Waals surface area contributed by atoms with Crippen LogP contribution in [0, 0.1) is 0 Å². The van der Waals surface area contributed by atoms with Crippen LogP contribution < -0.4 is 0 Å². The zero-order valence-corrected chi connectivity index (χ0v) is 11.2. The molecule has 2 rings (SSSR count). The van der Waals surface area contributed by atoms with Crippen LogP contribution in [-0.2, 0) is 5.41 Å². The van der Waals surface area contributed by atoms with Crippen molar-refractivity contribution < 1.29 is 0 Å².